The molecule has 0 saturated heterocycles. The highest BCUT2D eigenvalue weighted by Crippen LogP contribution is 2.28. The van der Waals surface area contributed by atoms with Gasteiger partial charge < -0.3 is 15.5 Å². The van der Waals surface area contributed by atoms with Crippen molar-refractivity contribution in [1.29, 1.82) is 0 Å². The lowest BCUT2D eigenvalue weighted by Crippen LogP contribution is -2.31. The Labute approximate surface area is 196 Å². The van der Waals surface area contributed by atoms with E-state index in [4.69, 9.17) is 9.97 Å². The summed E-state index contributed by atoms with van der Waals surface area (Å²) < 4.78 is 23.5. The van der Waals surface area contributed by atoms with Gasteiger partial charge in [-0.1, -0.05) is 24.3 Å². The van der Waals surface area contributed by atoms with Crippen molar-refractivity contribution in [3.05, 3.63) is 54.1 Å². The monoisotopic (exact) mass is 467 g/mol. The molecule has 4 rings (SSSR count). The van der Waals surface area contributed by atoms with Crippen LogP contribution in [0.25, 0.3) is 10.9 Å². The number of benzene rings is 2. The fourth-order valence-corrected chi connectivity index (χ4v) is 5.16. The maximum atomic E-state index is 11.7. The molecule has 1 heterocycles. The second-order valence-corrected chi connectivity index (χ2v) is 11.2. The van der Waals surface area contributed by atoms with Gasteiger partial charge in [0.25, 0.3) is 0 Å². The van der Waals surface area contributed by atoms with Crippen LogP contribution < -0.4 is 15.5 Å². The Hall–Kier alpha value is -2.71. The molecule has 1 saturated carbocycles. The van der Waals surface area contributed by atoms with E-state index in [9.17, 15) is 8.42 Å². The summed E-state index contributed by atoms with van der Waals surface area (Å²) in [6, 6.07) is 15.7. The van der Waals surface area contributed by atoms with Crippen LogP contribution in [0.1, 0.15) is 31.2 Å². The zero-order chi connectivity index (χ0) is 23.4. The third-order valence-electron chi connectivity index (χ3n) is 6.28. The molecular weight excluding hydrogens is 434 g/mol. The number of anilines is 2. The lowest BCUT2D eigenvalue weighted by Gasteiger charge is -2.29. The van der Waals surface area contributed by atoms with Gasteiger partial charge in [0.05, 0.1) is 10.4 Å². The minimum atomic E-state index is -3.17. The first kappa shape index (κ1) is 23.4. The average molecular weight is 468 g/mol. The molecule has 2 aromatic carbocycles. The van der Waals surface area contributed by atoms with Crippen molar-refractivity contribution in [2.75, 3.05) is 37.1 Å². The van der Waals surface area contributed by atoms with Gasteiger partial charge in [-0.25, -0.2) is 13.4 Å². The lowest BCUT2D eigenvalue weighted by molar-refractivity contribution is 0.324. The number of para-hydroxylation sites is 1. The number of hydrogen-bond acceptors (Lipinski definition) is 7. The fourth-order valence-electron chi connectivity index (χ4n) is 4.47. The standard InChI is InChI=1S/C25H33N5O2S/c1-30(2)24-22-9-4-5-10-23(22)28-25(29-24)27-20-13-11-18(12-14-20)16-26-17-19-7-6-8-21(15-19)33(3,31)32/h4-10,15,18,20,26H,11-14,16-17H2,1-3H3,(H,27,28,29). The molecule has 7 nitrogen and oxygen atoms in total. The molecule has 0 amide bonds. The van der Waals surface area contributed by atoms with Crippen molar-refractivity contribution in [2.24, 2.45) is 5.92 Å². The largest absolute Gasteiger partial charge is 0.362 e. The maximum Gasteiger partial charge on any atom is 0.225 e. The van der Waals surface area contributed by atoms with Crippen LogP contribution in [-0.4, -0.2) is 51.3 Å². The number of nitrogens with zero attached hydrogens (tertiary/aromatic N) is 3. The second-order valence-electron chi connectivity index (χ2n) is 9.19. The molecular formula is C25H33N5O2S. The molecule has 0 atom stereocenters. The lowest BCUT2D eigenvalue weighted by atomic mass is 9.86. The van der Waals surface area contributed by atoms with Crippen molar-refractivity contribution in [3.8, 4) is 0 Å². The molecule has 1 aromatic heterocycles. The quantitative estimate of drug-likeness (QED) is 0.520. The van der Waals surface area contributed by atoms with Gasteiger partial charge in [-0.3, -0.25) is 0 Å². The van der Waals surface area contributed by atoms with Crippen molar-refractivity contribution in [1.82, 2.24) is 15.3 Å². The number of nitrogens with one attached hydrogen (secondary N) is 2. The Morgan fingerprint density at radius 3 is 2.48 bits per heavy atom. The van der Waals surface area contributed by atoms with Crippen molar-refractivity contribution in [2.45, 2.75) is 43.2 Å². The van der Waals surface area contributed by atoms with E-state index in [1.165, 1.54) is 6.26 Å². The van der Waals surface area contributed by atoms with Crippen LogP contribution in [0.2, 0.25) is 0 Å². The normalized spacial score (nSPS) is 18.9. The maximum absolute atomic E-state index is 11.7. The molecule has 2 N–H and O–H groups in total. The summed E-state index contributed by atoms with van der Waals surface area (Å²) in [6.45, 7) is 1.62. The molecule has 3 aromatic rings. The van der Waals surface area contributed by atoms with E-state index in [0.717, 1.165) is 54.5 Å². The third kappa shape index (κ3) is 6.00. The Balaban J connectivity index is 1.28. The van der Waals surface area contributed by atoms with Gasteiger partial charge in [0.15, 0.2) is 9.84 Å². The first-order valence-corrected chi connectivity index (χ1v) is 13.4. The van der Waals surface area contributed by atoms with Gasteiger partial charge >= 0.3 is 0 Å². The zero-order valence-corrected chi connectivity index (χ0v) is 20.4. The van der Waals surface area contributed by atoms with E-state index in [-0.39, 0.29) is 0 Å². The van der Waals surface area contributed by atoms with Gasteiger partial charge in [0, 0.05) is 38.3 Å². The number of hydrogen-bond donors (Lipinski definition) is 2. The van der Waals surface area contributed by atoms with Gasteiger partial charge in [-0.15, -0.1) is 0 Å². The van der Waals surface area contributed by atoms with E-state index >= 15 is 0 Å². The number of fused-ring (bicyclic) bond motifs is 1. The molecule has 0 bridgehead atoms. The number of rotatable bonds is 8. The highest BCUT2D eigenvalue weighted by Gasteiger charge is 2.22. The summed E-state index contributed by atoms with van der Waals surface area (Å²) in [5.74, 6) is 2.25. The molecule has 0 spiro atoms. The van der Waals surface area contributed by atoms with E-state index in [2.05, 4.69) is 16.7 Å². The highest BCUT2D eigenvalue weighted by atomic mass is 32.2. The van der Waals surface area contributed by atoms with Crippen LogP contribution in [0.15, 0.2) is 53.4 Å². The van der Waals surface area contributed by atoms with E-state index in [1.807, 2.05) is 43.3 Å². The van der Waals surface area contributed by atoms with E-state index in [1.54, 1.807) is 18.2 Å². The minimum Gasteiger partial charge on any atom is -0.362 e. The molecule has 1 fully saturated rings. The number of aromatic nitrogens is 2. The Morgan fingerprint density at radius 2 is 1.76 bits per heavy atom. The number of sulfone groups is 1. The first-order chi connectivity index (χ1) is 15.8. The van der Waals surface area contributed by atoms with Crippen LogP contribution in [0.3, 0.4) is 0 Å². The van der Waals surface area contributed by atoms with Crippen LogP contribution in [-0.2, 0) is 16.4 Å². The van der Waals surface area contributed by atoms with Crippen LogP contribution in [0.4, 0.5) is 11.8 Å². The van der Waals surface area contributed by atoms with Crippen molar-refractivity contribution >= 4 is 32.5 Å². The summed E-state index contributed by atoms with van der Waals surface area (Å²) in [5, 5.41) is 8.13. The Kier molecular flexibility index (Phi) is 7.14. The molecule has 8 heteroatoms. The zero-order valence-electron chi connectivity index (χ0n) is 19.6. The summed E-state index contributed by atoms with van der Waals surface area (Å²) in [7, 11) is 0.846. The fraction of sp³-hybridized carbons (Fsp3) is 0.440. The van der Waals surface area contributed by atoms with Gasteiger partial charge in [-0.2, -0.15) is 4.98 Å². The van der Waals surface area contributed by atoms with E-state index < -0.39 is 9.84 Å². The van der Waals surface area contributed by atoms with Gasteiger partial charge in [0.2, 0.25) is 5.95 Å². The highest BCUT2D eigenvalue weighted by molar-refractivity contribution is 7.90. The molecule has 0 unspecified atom stereocenters. The predicted molar refractivity (Wildman–Crippen MR) is 134 cm³/mol. The average Bonchev–Trinajstić information content (AvgIpc) is 2.79. The molecule has 1 aliphatic carbocycles. The summed E-state index contributed by atoms with van der Waals surface area (Å²) in [4.78, 5) is 11.9. The van der Waals surface area contributed by atoms with Crippen molar-refractivity contribution < 1.29 is 8.42 Å². The smallest absolute Gasteiger partial charge is 0.225 e. The Bertz CT molecular complexity index is 1200. The topological polar surface area (TPSA) is 87.2 Å². The van der Waals surface area contributed by atoms with Gasteiger partial charge in [0.1, 0.15) is 5.82 Å². The summed E-state index contributed by atoms with van der Waals surface area (Å²) in [6.07, 6.45) is 5.70. The second kappa shape index (κ2) is 10.1. The van der Waals surface area contributed by atoms with Crippen LogP contribution in [0.5, 0.6) is 0 Å². The van der Waals surface area contributed by atoms with Crippen LogP contribution >= 0.6 is 0 Å². The SMILES string of the molecule is CN(C)c1nc(NC2CCC(CNCc3cccc(S(C)(=O)=O)c3)CC2)nc2ccccc12. The molecule has 0 aliphatic heterocycles. The minimum absolute atomic E-state index is 0.377. The third-order valence-corrected chi connectivity index (χ3v) is 7.39. The van der Waals surface area contributed by atoms with E-state index in [0.29, 0.717) is 29.3 Å². The van der Waals surface area contributed by atoms with Crippen molar-refractivity contribution in [3.63, 3.8) is 0 Å². The summed E-state index contributed by atoms with van der Waals surface area (Å²) >= 11 is 0. The van der Waals surface area contributed by atoms with Gasteiger partial charge in [-0.05, 0) is 68.0 Å². The molecule has 176 valence electrons. The molecule has 0 radical (unpaired) electrons. The first-order valence-electron chi connectivity index (χ1n) is 11.5. The predicted octanol–water partition coefficient (Wildman–Crippen LogP) is 3.86. The van der Waals surface area contributed by atoms with Crippen LogP contribution in [0, 0.1) is 5.92 Å². The molecule has 33 heavy (non-hydrogen) atoms. The Morgan fingerprint density at radius 1 is 1.00 bits per heavy atom. The molecule has 1 aliphatic rings. The summed E-state index contributed by atoms with van der Waals surface area (Å²) in [5.41, 5.74) is 1.95.